The monoisotopic (exact) mass is 300 g/mol. The minimum absolute atomic E-state index is 0.131. The number of halogens is 4. The summed E-state index contributed by atoms with van der Waals surface area (Å²) < 4.78 is 27.5. The van der Waals surface area contributed by atoms with Crippen molar-refractivity contribution < 1.29 is 8.78 Å². The number of rotatable bonds is 2. The van der Waals surface area contributed by atoms with E-state index >= 15 is 0 Å². The van der Waals surface area contributed by atoms with E-state index < -0.39 is 17.0 Å². The number of hydrogen-bond donors (Lipinski definition) is 0. The Bertz CT molecular complexity index is 604. The first kappa shape index (κ1) is 14.3. The van der Waals surface area contributed by atoms with Crippen molar-refractivity contribution in [3.05, 3.63) is 69.2 Å². The molecule has 0 aliphatic rings. The quantitative estimate of drug-likeness (QED) is 0.637. The van der Waals surface area contributed by atoms with Crippen molar-refractivity contribution in [2.75, 3.05) is 0 Å². The van der Waals surface area contributed by atoms with E-state index in [9.17, 15) is 8.78 Å². The van der Waals surface area contributed by atoms with E-state index in [1.165, 1.54) is 18.2 Å². The Balaban J connectivity index is 2.56. The van der Waals surface area contributed by atoms with Gasteiger partial charge in [-0.05, 0) is 48.7 Å². The molecule has 1 unspecified atom stereocenters. The van der Waals surface area contributed by atoms with E-state index in [-0.39, 0.29) is 5.56 Å². The van der Waals surface area contributed by atoms with Crippen molar-refractivity contribution in [1.82, 2.24) is 0 Å². The summed E-state index contributed by atoms with van der Waals surface area (Å²) in [6.07, 6.45) is 0. The van der Waals surface area contributed by atoms with Gasteiger partial charge in [0.15, 0.2) is 0 Å². The van der Waals surface area contributed by atoms with Crippen LogP contribution in [-0.2, 0) is 0 Å². The van der Waals surface area contributed by atoms with Crippen LogP contribution < -0.4 is 0 Å². The maximum Gasteiger partial charge on any atom is 0.131 e. The standard InChI is InChI=1S/C15H12Cl2F2/c1-8-7-11(16)9(2)6-10(8)15(17)14-12(18)4-3-5-13(14)19/h3-7,15H,1-2H3. The molecule has 0 spiro atoms. The third-order valence-electron chi connectivity index (χ3n) is 3.07. The molecule has 2 aromatic rings. The summed E-state index contributed by atoms with van der Waals surface area (Å²) in [7, 11) is 0. The van der Waals surface area contributed by atoms with Gasteiger partial charge < -0.3 is 0 Å². The molecule has 0 fully saturated rings. The van der Waals surface area contributed by atoms with Crippen LogP contribution in [0.2, 0.25) is 5.02 Å². The van der Waals surface area contributed by atoms with Crippen LogP contribution in [0.1, 0.15) is 27.6 Å². The van der Waals surface area contributed by atoms with Gasteiger partial charge in [0.2, 0.25) is 0 Å². The highest BCUT2D eigenvalue weighted by molar-refractivity contribution is 6.31. The van der Waals surface area contributed by atoms with Crippen LogP contribution >= 0.6 is 23.2 Å². The zero-order chi connectivity index (χ0) is 14.2. The molecule has 0 radical (unpaired) electrons. The van der Waals surface area contributed by atoms with Crippen LogP contribution in [-0.4, -0.2) is 0 Å². The summed E-state index contributed by atoms with van der Waals surface area (Å²) >= 11 is 12.3. The molecule has 100 valence electrons. The molecule has 0 aromatic heterocycles. The molecular formula is C15H12Cl2F2. The Labute approximate surface area is 121 Å². The van der Waals surface area contributed by atoms with Gasteiger partial charge in [-0.15, -0.1) is 11.6 Å². The van der Waals surface area contributed by atoms with Crippen molar-refractivity contribution in [3.63, 3.8) is 0 Å². The number of aryl methyl sites for hydroxylation is 2. The highest BCUT2D eigenvalue weighted by atomic mass is 35.5. The van der Waals surface area contributed by atoms with Gasteiger partial charge in [0.1, 0.15) is 11.6 Å². The maximum absolute atomic E-state index is 13.7. The molecule has 0 nitrogen and oxygen atoms in total. The van der Waals surface area contributed by atoms with Crippen LogP contribution in [0.3, 0.4) is 0 Å². The first-order valence-electron chi connectivity index (χ1n) is 5.76. The molecule has 4 heteroatoms. The van der Waals surface area contributed by atoms with Crippen molar-refractivity contribution in [3.8, 4) is 0 Å². The first-order chi connectivity index (χ1) is 8.91. The van der Waals surface area contributed by atoms with Gasteiger partial charge in [-0.1, -0.05) is 23.7 Å². The second-order valence-electron chi connectivity index (χ2n) is 4.46. The highest BCUT2D eigenvalue weighted by Crippen LogP contribution is 2.36. The van der Waals surface area contributed by atoms with Crippen molar-refractivity contribution in [2.45, 2.75) is 19.2 Å². The molecule has 2 aromatic carbocycles. The molecule has 19 heavy (non-hydrogen) atoms. The van der Waals surface area contributed by atoms with Crippen LogP contribution in [0.25, 0.3) is 0 Å². The van der Waals surface area contributed by atoms with E-state index in [2.05, 4.69) is 0 Å². The van der Waals surface area contributed by atoms with Crippen LogP contribution in [0.4, 0.5) is 8.78 Å². The van der Waals surface area contributed by atoms with Crippen LogP contribution in [0.15, 0.2) is 30.3 Å². The predicted octanol–water partition coefficient (Wildman–Crippen LogP) is 5.56. The maximum atomic E-state index is 13.7. The van der Waals surface area contributed by atoms with Gasteiger partial charge in [-0.3, -0.25) is 0 Å². The van der Waals surface area contributed by atoms with E-state index in [0.29, 0.717) is 10.6 Å². The first-order valence-corrected chi connectivity index (χ1v) is 6.58. The lowest BCUT2D eigenvalue weighted by molar-refractivity contribution is 0.559. The third-order valence-corrected chi connectivity index (χ3v) is 3.93. The summed E-state index contributed by atoms with van der Waals surface area (Å²) in [6.45, 7) is 3.64. The average molecular weight is 301 g/mol. The second kappa shape index (κ2) is 5.48. The van der Waals surface area contributed by atoms with Gasteiger partial charge in [-0.2, -0.15) is 0 Å². The summed E-state index contributed by atoms with van der Waals surface area (Å²) in [5, 5.41) is -0.267. The number of hydrogen-bond acceptors (Lipinski definition) is 0. The molecule has 0 bridgehead atoms. The van der Waals surface area contributed by atoms with Gasteiger partial charge >= 0.3 is 0 Å². The molecule has 0 saturated heterocycles. The van der Waals surface area contributed by atoms with E-state index in [0.717, 1.165) is 11.1 Å². The van der Waals surface area contributed by atoms with Gasteiger partial charge in [0.05, 0.1) is 5.38 Å². The molecule has 0 heterocycles. The Kier molecular flexibility index (Phi) is 4.12. The number of alkyl halides is 1. The van der Waals surface area contributed by atoms with Gasteiger partial charge in [0, 0.05) is 10.6 Å². The van der Waals surface area contributed by atoms with Gasteiger partial charge in [0.25, 0.3) is 0 Å². The molecule has 0 saturated carbocycles. The zero-order valence-corrected chi connectivity index (χ0v) is 12.0. The fourth-order valence-electron chi connectivity index (χ4n) is 1.98. The molecule has 0 amide bonds. The van der Waals surface area contributed by atoms with Crippen molar-refractivity contribution in [2.24, 2.45) is 0 Å². The van der Waals surface area contributed by atoms with Crippen LogP contribution in [0, 0.1) is 25.5 Å². The Hall–Kier alpha value is -1.12. The third kappa shape index (κ3) is 2.75. The molecule has 0 aliphatic heterocycles. The Morgan fingerprint density at radius 2 is 1.58 bits per heavy atom. The lowest BCUT2D eigenvalue weighted by Crippen LogP contribution is -2.03. The lowest BCUT2D eigenvalue weighted by Gasteiger charge is -2.16. The molecule has 2 rings (SSSR count). The summed E-state index contributed by atoms with van der Waals surface area (Å²) in [5.41, 5.74) is 2.16. The van der Waals surface area contributed by atoms with Crippen molar-refractivity contribution >= 4 is 23.2 Å². The molecule has 0 N–H and O–H groups in total. The predicted molar refractivity (Wildman–Crippen MR) is 75.0 cm³/mol. The van der Waals surface area contributed by atoms with Gasteiger partial charge in [-0.25, -0.2) is 8.78 Å². The summed E-state index contributed by atoms with van der Waals surface area (Å²) in [5.74, 6) is -1.29. The Morgan fingerprint density at radius 3 is 2.16 bits per heavy atom. The van der Waals surface area contributed by atoms with E-state index in [1.807, 2.05) is 13.8 Å². The molecule has 1 atom stereocenters. The van der Waals surface area contributed by atoms with E-state index in [1.54, 1.807) is 12.1 Å². The fraction of sp³-hybridized carbons (Fsp3) is 0.200. The highest BCUT2D eigenvalue weighted by Gasteiger charge is 2.21. The summed E-state index contributed by atoms with van der Waals surface area (Å²) in [6, 6.07) is 7.23. The fourth-order valence-corrected chi connectivity index (χ4v) is 2.65. The summed E-state index contributed by atoms with van der Waals surface area (Å²) in [4.78, 5) is 0. The topological polar surface area (TPSA) is 0 Å². The smallest absolute Gasteiger partial charge is 0.131 e. The molecule has 0 aliphatic carbocycles. The SMILES string of the molecule is Cc1cc(C(Cl)c2c(F)cccc2F)c(C)cc1Cl. The minimum atomic E-state index is -0.878. The normalized spacial score (nSPS) is 12.5. The van der Waals surface area contributed by atoms with Crippen molar-refractivity contribution in [1.29, 1.82) is 0 Å². The zero-order valence-electron chi connectivity index (χ0n) is 10.5. The minimum Gasteiger partial charge on any atom is -0.207 e. The number of benzene rings is 2. The largest absolute Gasteiger partial charge is 0.207 e. The second-order valence-corrected chi connectivity index (χ2v) is 5.30. The average Bonchev–Trinajstić information content (AvgIpc) is 2.33. The molecular weight excluding hydrogens is 289 g/mol. The van der Waals surface area contributed by atoms with Crippen LogP contribution in [0.5, 0.6) is 0 Å². The van der Waals surface area contributed by atoms with E-state index in [4.69, 9.17) is 23.2 Å². The Morgan fingerprint density at radius 1 is 1.00 bits per heavy atom. The lowest BCUT2D eigenvalue weighted by atomic mass is 9.97.